The van der Waals surface area contributed by atoms with Crippen LogP contribution in [0.3, 0.4) is 0 Å². The maximum Gasteiger partial charge on any atom is 0.384 e. The number of benzene rings is 1. The van der Waals surface area contributed by atoms with E-state index in [4.69, 9.17) is 9.47 Å². The van der Waals surface area contributed by atoms with Gasteiger partial charge in [-0.1, -0.05) is 19.8 Å². The number of ether oxygens (including phenoxy) is 2. The van der Waals surface area contributed by atoms with Crippen molar-refractivity contribution in [1.82, 2.24) is 5.32 Å². The van der Waals surface area contributed by atoms with Gasteiger partial charge in [-0.3, -0.25) is 20.2 Å². The van der Waals surface area contributed by atoms with Gasteiger partial charge in [0, 0.05) is 18.1 Å². The van der Waals surface area contributed by atoms with Crippen molar-refractivity contribution in [2.75, 3.05) is 19.7 Å². The summed E-state index contributed by atoms with van der Waals surface area (Å²) in [6.07, 6.45) is 0. The van der Waals surface area contributed by atoms with Gasteiger partial charge in [0.05, 0.1) is 24.6 Å². The lowest BCUT2D eigenvalue weighted by Gasteiger charge is -2.06. The topological polar surface area (TPSA) is 108 Å². The van der Waals surface area contributed by atoms with Gasteiger partial charge in [0.25, 0.3) is 5.69 Å². The molecule has 8 nitrogen and oxygen atoms in total. The molecule has 0 spiro atoms. The molecule has 134 valence electrons. The third-order valence-electron chi connectivity index (χ3n) is 2.77. The van der Waals surface area contributed by atoms with Gasteiger partial charge in [0.15, 0.2) is 0 Å². The molecule has 0 fully saturated rings. The first-order chi connectivity index (χ1) is 11.9. The van der Waals surface area contributed by atoms with Crippen molar-refractivity contribution < 1.29 is 24.0 Å². The average molecular weight is 348 g/mol. The highest BCUT2D eigenvalue weighted by molar-refractivity contribution is 5.88. The molecule has 1 aromatic rings. The number of non-ortho nitro benzene ring substituents is 1. The van der Waals surface area contributed by atoms with Crippen LogP contribution in [0.4, 0.5) is 5.69 Å². The van der Waals surface area contributed by atoms with Crippen LogP contribution in [0.25, 0.3) is 0 Å². The smallest absolute Gasteiger partial charge is 0.384 e. The van der Waals surface area contributed by atoms with E-state index in [9.17, 15) is 19.7 Å². The summed E-state index contributed by atoms with van der Waals surface area (Å²) in [5.74, 6) is 3.98. The molecule has 1 N–H and O–H groups in total. The number of hydrogen-bond acceptors (Lipinski definition) is 7. The van der Waals surface area contributed by atoms with Gasteiger partial charge in [-0.05, 0) is 23.6 Å². The summed E-state index contributed by atoms with van der Waals surface area (Å²) in [5.41, 5.74) is 0.583. The van der Waals surface area contributed by atoms with Gasteiger partial charge in [-0.15, -0.1) is 0 Å². The molecule has 0 aliphatic carbocycles. The molecule has 0 unspecified atom stereocenters. The van der Waals surface area contributed by atoms with Crippen LogP contribution in [0.2, 0.25) is 0 Å². The largest absolute Gasteiger partial charge is 0.464 e. The quantitative estimate of drug-likeness (QED) is 0.189. The molecule has 0 radical (unpaired) electrons. The zero-order valence-electron chi connectivity index (χ0n) is 14.1. The first-order valence-electron chi connectivity index (χ1n) is 7.63. The van der Waals surface area contributed by atoms with Gasteiger partial charge >= 0.3 is 11.9 Å². The molecule has 8 heteroatoms. The van der Waals surface area contributed by atoms with Crippen molar-refractivity contribution >= 4 is 17.6 Å². The number of hydrogen-bond donors (Lipinski definition) is 1. The predicted molar refractivity (Wildman–Crippen MR) is 89.3 cm³/mol. The van der Waals surface area contributed by atoms with Crippen molar-refractivity contribution in [2.24, 2.45) is 5.92 Å². The minimum Gasteiger partial charge on any atom is -0.464 e. The number of nitrogens with zero attached hydrogens (tertiary/aromatic N) is 1. The second-order valence-electron chi connectivity index (χ2n) is 5.48. The highest BCUT2D eigenvalue weighted by atomic mass is 16.6. The number of nitro groups is 1. The number of carbonyl (C=O) groups is 2. The fourth-order valence-electron chi connectivity index (χ4n) is 1.55. The minimum absolute atomic E-state index is 0.0131. The molecule has 1 rings (SSSR count). The van der Waals surface area contributed by atoms with E-state index in [0.717, 1.165) is 0 Å². The van der Waals surface area contributed by atoms with Crippen LogP contribution < -0.4 is 5.32 Å². The molecule has 0 heterocycles. The lowest BCUT2D eigenvalue weighted by atomic mass is 10.2. The summed E-state index contributed by atoms with van der Waals surface area (Å²) in [6, 6.07) is 5.67. The lowest BCUT2D eigenvalue weighted by Crippen LogP contribution is -2.26. The van der Waals surface area contributed by atoms with Gasteiger partial charge in [-0.2, -0.15) is 0 Å². The third kappa shape index (κ3) is 9.07. The van der Waals surface area contributed by atoms with E-state index in [1.165, 1.54) is 24.3 Å². The highest BCUT2D eigenvalue weighted by Gasteiger charge is 2.05. The van der Waals surface area contributed by atoms with Crippen LogP contribution in [-0.4, -0.2) is 36.6 Å². The third-order valence-corrected chi connectivity index (χ3v) is 2.77. The van der Waals surface area contributed by atoms with Gasteiger partial charge in [-0.25, -0.2) is 4.79 Å². The Hall–Kier alpha value is -2.92. The van der Waals surface area contributed by atoms with Crippen LogP contribution >= 0.6 is 0 Å². The zero-order chi connectivity index (χ0) is 18.7. The number of esters is 2. The van der Waals surface area contributed by atoms with Crippen molar-refractivity contribution in [2.45, 2.75) is 20.5 Å². The number of nitro benzene ring substituents is 1. The molecule has 0 aromatic heterocycles. The molecule has 1 aromatic carbocycles. The molecule has 0 amide bonds. The standard InChI is InChI=1S/C17H20N2O6/c1-13(2)11-24-17(21)10-18-9-3-4-16(20)25-12-14-5-7-15(8-6-14)19(22)23/h5-8,13,18H,9-12H2,1-2H3. The van der Waals surface area contributed by atoms with E-state index in [2.05, 4.69) is 17.2 Å². The van der Waals surface area contributed by atoms with Gasteiger partial charge < -0.3 is 9.47 Å². The molecule has 0 saturated heterocycles. The molecule has 0 atom stereocenters. The fourth-order valence-corrected chi connectivity index (χ4v) is 1.55. The Morgan fingerprint density at radius 3 is 2.52 bits per heavy atom. The Labute approximate surface area is 145 Å². The first-order valence-corrected chi connectivity index (χ1v) is 7.63. The Morgan fingerprint density at radius 2 is 1.92 bits per heavy atom. The maximum atomic E-state index is 11.4. The van der Waals surface area contributed by atoms with Crippen molar-refractivity contribution in [1.29, 1.82) is 0 Å². The van der Waals surface area contributed by atoms with Crippen LogP contribution in [0, 0.1) is 27.9 Å². The Balaban J connectivity index is 2.23. The van der Waals surface area contributed by atoms with E-state index < -0.39 is 10.9 Å². The lowest BCUT2D eigenvalue weighted by molar-refractivity contribution is -0.384. The second-order valence-corrected chi connectivity index (χ2v) is 5.48. The van der Waals surface area contributed by atoms with Crippen LogP contribution in [0.1, 0.15) is 19.4 Å². The highest BCUT2D eigenvalue weighted by Crippen LogP contribution is 2.12. The number of rotatable bonds is 8. The van der Waals surface area contributed by atoms with E-state index in [-0.39, 0.29) is 37.3 Å². The summed E-state index contributed by atoms with van der Waals surface area (Å²) in [7, 11) is 0. The number of nitrogens with one attached hydrogen (secondary N) is 1. The Kier molecular flexibility index (Phi) is 8.68. The van der Waals surface area contributed by atoms with Crippen molar-refractivity contribution in [3.8, 4) is 11.8 Å². The van der Waals surface area contributed by atoms with Gasteiger partial charge in [0.2, 0.25) is 0 Å². The summed E-state index contributed by atoms with van der Waals surface area (Å²) >= 11 is 0. The van der Waals surface area contributed by atoms with E-state index in [1.807, 2.05) is 13.8 Å². The van der Waals surface area contributed by atoms with Crippen LogP contribution in [-0.2, 0) is 25.7 Å². The molecular weight excluding hydrogens is 328 g/mol. The van der Waals surface area contributed by atoms with E-state index in [0.29, 0.717) is 12.2 Å². The summed E-state index contributed by atoms with van der Waals surface area (Å²) in [4.78, 5) is 32.8. The predicted octanol–water partition coefficient (Wildman–Crippen LogP) is 1.43. The molecule has 0 aliphatic rings. The average Bonchev–Trinajstić information content (AvgIpc) is 2.58. The van der Waals surface area contributed by atoms with E-state index in [1.54, 1.807) is 0 Å². The second kappa shape index (κ2) is 10.8. The first kappa shape index (κ1) is 20.1. The number of carbonyl (C=O) groups excluding carboxylic acids is 2. The molecule has 0 saturated carbocycles. The zero-order valence-corrected chi connectivity index (χ0v) is 14.1. The van der Waals surface area contributed by atoms with Crippen molar-refractivity contribution in [3.05, 3.63) is 39.9 Å². The SMILES string of the molecule is CC(C)COC(=O)CNCC#CC(=O)OCc1ccc([N+](=O)[O-])cc1. The van der Waals surface area contributed by atoms with Gasteiger partial charge in [0.1, 0.15) is 6.61 Å². The normalized spacial score (nSPS) is 9.88. The summed E-state index contributed by atoms with van der Waals surface area (Å²) < 4.78 is 9.88. The van der Waals surface area contributed by atoms with Crippen molar-refractivity contribution in [3.63, 3.8) is 0 Å². The van der Waals surface area contributed by atoms with E-state index >= 15 is 0 Å². The monoisotopic (exact) mass is 348 g/mol. The molecule has 0 aliphatic heterocycles. The molecule has 25 heavy (non-hydrogen) atoms. The molecular formula is C17H20N2O6. The molecule has 0 bridgehead atoms. The maximum absolute atomic E-state index is 11.4. The van der Waals surface area contributed by atoms with Crippen LogP contribution in [0.15, 0.2) is 24.3 Å². The summed E-state index contributed by atoms with van der Waals surface area (Å²) in [6.45, 7) is 4.37. The van der Waals surface area contributed by atoms with Crippen LogP contribution in [0.5, 0.6) is 0 Å². The fraction of sp³-hybridized carbons (Fsp3) is 0.412. The Morgan fingerprint density at radius 1 is 1.24 bits per heavy atom. The Bertz CT molecular complexity index is 658. The summed E-state index contributed by atoms with van der Waals surface area (Å²) in [5, 5.41) is 13.3. The minimum atomic E-state index is -0.720.